The van der Waals surface area contributed by atoms with Crippen molar-refractivity contribution in [2.45, 2.75) is 5.16 Å². The van der Waals surface area contributed by atoms with Crippen molar-refractivity contribution in [2.24, 2.45) is 7.05 Å². The lowest BCUT2D eigenvalue weighted by Gasteiger charge is -2.05. The zero-order chi connectivity index (χ0) is 14.1. The van der Waals surface area contributed by atoms with E-state index in [9.17, 15) is 0 Å². The Hall–Kier alpha value is -1.66. The van der Waals surface area contributed by atoms with Gasteiger partial charge in [-0.1, -0.05) is 30.0 Å². The highest BCUT2D eigenvalue weighted by molar-refractivity contribution is 7.99. The Labute approximate surface area is 122 Å². The van der Waals surface area contributed by atoms with Gasteiger partial charge in [0.05, 0.1) is 31.9 Å². The molecule has 0 unspecified atom stereocenters. The molecule has 3 aromatic rings. The van der Waals surface area contributed by atoms with Crippen molar-refractivity contribution >= 4 is 33.8 Å². The predicted octanol–water partition coefficient (Wildman–Crippen LogP) is 0.753. The molecule has 0 spiro atoms. The molecule has 104 valence electrons. The van der Waals surface area contributed by atoms with Crippen molar-refractivity contribution in [3.05, 3.63) is 24.3 Å². The highest BCUT2D eigenvalue weighted by atomic mass is 32.2. The monoisotopic (exact) mass is 288 g/mol. The number of hydrogen-bond acceptors (Lipinski definition) is 4. The number of fused-ring (bicyclic) bond motifs is 3. The molecule has 0 bridgehead atoms. The van der Waals surface area contributed by atoms with Crippen molar-refractivity contribution in [3.8, 4) is 0 Å². The number of aromatic nitrogens is 4. The van der Waals surface area contributed by atoms with Gasteiger partial charge in [-0.05, 0) is 6.07 Å². The lowest BCUT2D eigenvalue weighted by molar-refractivity contribution is -0.855. The molecule has 0 aliphatic rings. The van der Waals surface area contributed by atoms with Crippen molar-refractivity contribution < 1.29 is 4.90 Å². The SMILES string of the molecule is Cn1c2ccccc2c2nnc(SCC[NH+](C)C)nc21. The quantitative estimate of drug-likeness (QED) is 0.720. The number of para-hydroxylation sites is 1. The minimum atomic E-state index is 0.754. The molecule has 0 aliphatic carbocycles. The topological polar surface area (TPSA) is 48.0 Å². The number of aryl methyl sites for hydroxylation is 1. The van der Waals surface area contributed by atoms with Crippen molar-refractivity contribution in [2.75, 3.05) is 26.4 Å². The number of hydrogen-bond donors (Lipinski definition) is 1. The predicted molar refractivity (Wildman–Crippen MR) is 82.2 cm³/mol. The van der Waals surface area contributed by atoms with Crippen LogP contribution in [0.3, 0.4) is 0 Å². The van der Waals surface area contributed by atoms with Crippen LogP contribution in [0.1, 0.15) is 0 Å². The first-order valence-corrected chi connectivity index (χ1v) is 7.65. The molecular weight excluding hydrogens is 270 g/mol. The van der Waals surface area contributed by atoms with Gasteiger partial charge in [0.25, 0.3) is 0 Å². The Kier molecular flexibility index (Phi) is 3.58. The smallest absolute Gasteiger partial charge is 0.211 e. The molecule has 0 saturated heterocycles. The number of quaternary nitrogens is 1. The molecule has 2 aromatic heterocycles. The molecule has 6 heteroatoms. The summed E-state index contributed by atoms with van der Waals surface area (Å²) in [5, 5.41) is 10.5. The van der Waals surface area contributed by atoms with Crippen molar-refractivity contribution in [3.63, 3.8) is 0 Å². The van der Waals surface area contributed by atoms with E-state index in [2.05, 4.69) is 46.0 Å². The second-order valence-electron chi connectivity index (χ2n) is 5.15. The van der Waals surface area contributed by atoms with Gasteiger partial charge in [0.15, 0.2) is 5.65 Å². The van der Waals surface area contributed by atoms with E-state index in [1.54, 1.807) is 11.8 Å². The molecule has 0 atom stereocenters. The number of benzene rings is 1. The minimum absolute atomic E-state index is 0.754. The summed E-state index contributed by atoms with van der Waals surface area (Å²) in [6.45, 7) is 1.08. The molecule has 1 aromatic carbocycles. The number of nitrogens with one attached hydrogen (secondary N) is 1. The molecule has 20 heavy (non-hydrogen) atoms. The van der Waals surface area contributed by atoms with Crippen LogP contribution >= 0.6 is 11.8 Å². The first kappa shape index (κ1) is 13.3. The Morgan fingerprint density at radius 2 is 2.00 bits per heavy atom. The van der Waals surface area contributed by atoms with Crippen molar-refractivity contribution in [1.82, 2.24) is 19.7 Å². The van der Waals surface area contributed by atoms with Gasteiger partial charge in [-0.15, -0.1) is 10.2 Å². The van der Waals surface area contributed by atoms with Gasteiger partial charge in [0, 0.05) is 12.4 Å². The normalized spacial score (nSPS) is 11.8. The summed E-state index contributed by atoms with van der Waals surface area (Å²) in [6.07, 6.45) is 0. The van der Waals surface area contributed by atoms with Gasteiger partial charge in [0.2, 0.25) is 5.16 Å². The third-order valence-corrected chi connectivity index (χ3v) is 4.16. The van der Waals surface area contributed by atoms with Crippen LogP contribution in [0.15, 0.2) is 29.4 Å². The molecular formula is C14H18N5S+. The van der Waals surface area contributed by atoms with Crippen LogP contribution in [0, 0.1) is 0 Å². The first-order chi connectivity index (χ1) is 9.66. The maximum Gasteiger partial charge on any atom is 0.211 e. The number of rotatable bonds is 4. The van der Waals surface area contributed by atoms with E-state index in [4.69, 9.17) is 0 Å². The number of thioether (sulfide) groups is 1. The second-order valence-corrected chi connectivity index (χ2v) is 6.21. The first-order valence-electron chi connectivity index (χ1n) is 6.66. The fraction of sp³-hybridized carbons (Fsp3) is 0.357. The number of nitrogens with zero attached hydrogens (tertiary/aromatic N) is 4. The van der Waals surface area contributed by atoms with E-state index < -0.39 is 0 Å². The van der Waals surface area contributed by atoms with Crippen LogP contribution < -0.4 is 4.90 Å². The second kappa shape index (κ2) is 5.38. The largest absolute Gasteiger partial charge is 0.339 e. The Bertz CT molecular complexity index is 750. The maximum atomic E-state index is 4.65. The Morgan fingerprint density at radius 1 is 1.20 bits per heavy atom. The van der Waals surface area contributed by atoms with E-state index in [1.165, 1.54) is 4.90 Å². The zero-order valence-electron chi connectivity index (χ0n) is 11.9. The summed E-state index contributed by atoms with van der Waals surface area (Å²) >= 11 is 1.66. The average molecular weight is 288 g/mol. The van der Waals surface area contributed by atoms with Crippen LogP contribution in [0.25, 0.3) is 22.1 Å². The molecule has 2 heterocycles. The third kappa shape index (κ3) is 2.36. The highest BCUT2D eigenvalue weighted by Gasteiger charge is 2.12. The molecule has 1 N–H and O–H groups in total. The summed E-state index contributed by atoms with van der Waals surface area (Å²) in [7, 11) is 6.32. The molecule has 0 saturated carbocycles. The van der Waals surface area contributed by atoms with Crippen LogP contribution in [0.4, 0.5) is 0 Å². The van der Waals surface area contributed by atoms with Gasteiger partial charge in [0.1, 0.15) is 5.52 Å². The van der Waals surface area contributed by atoms with Crippen LogP contribution in [0.2, 0.25) is 0 Å². The van der Waals surface area contributed by atoms with Crippen LogP contribution in [0.5, 0.6) is 0 Å². The third-order valence-electron chi connectivity index (χ3n) is 3.32. The molecule has 0 amide bonds. The Morgan fingerprint density at radius 3 is 2.80 bits per heavy atom. The lowest BCUT2D eigenvalue weighted by atomic mass is 10.2. The van der Waals surface area contributed by atoms with Gasteiger partial charge < -0.3 is 9.47 Å². The van der Waals surface area contributed by atoms with Crippen molar-refractivity contribution in [1.29, 1.82) is 0 Å². The van der Waals surface area contributed by atoms with E-state index in [-0.39, 0.29) is 0 Å². The lowest BCUT2D eigenvalue weighted by Crippen LogP contribution is -3.06. The van der Waals surface area contributed by atoms with Gasteiger partial charge >= 0.3 is 0 Å². The standard InChI is InChI=1S/C14H17N5S/c1-18(2)8-9-20-14-15-13-12(16-17-14)10-6-4-5-7-11(10)19(13)3/h4-7H,8-9H2,1-3H3/p+1. The van der Waals surface area contributed by atoms with E-state index in [1.807, 2.05) is 19.2 Å². The summed E-state index contributed by atoms with van der Waals surface area (Å²) in [5.41, 5.74) is 2.93. The van der Waals surface area contributed by atoms with E-state index in [0.29, 0.717) is 0 Å². The molecule has 5 nitrogen and oxygen atoms in total. The minimum Gasteiger partial charge on any atom is -0.339 e. The van der Waals surface area contributed by atoms with E-state index in [0.717, 1.165) is 39.5 Å². The molecule has 0 aliphatic heterocycles. The van der Waals surface area contributed by atoms with Crippen LogP contribution in [-0.4, -0.2) is 46.1 Å². The Balaban J connectivity index is 1.99. The summed E-state index contributed by atoms with van der Waals surface area (Å²) in [6, 6.07) is 8.20. The fourth-order valence-corrected chi connectivity index (χ4v) is 3.14. The summed E-state index contributed by atoms with van der Waals surface area (Å²) < 4.78 is 2.08. The average Bonchev–Trinajstić information content (AvgIpc) is 2.73. The molecule has 0 radical (unpaired) electrons. The van der Waals surface area contributed by atoms with E-state index >= 15 is 0 Å². The maximum absolute atomic E-state index is 4.65. The van der Waals surface area contributed by atoms with Gasteiger partial charge in [-0.2, -0.15) is 0 Å². The van der Waals surface area contributed by atoms with Gasteiger partial charge in [-0.25, -0.2) is 4.98 Å². The molecule has 0 fully saturated rings. The van der Waals surface area contributed by atoms with Crippen LogP contribution in [-0.2, 0) is 7.05 Å². The summed E-state index contributed by atoms with van der Waals surface area (Å²) in [5.74, 6) is 0.999. The highest BCUT2D eigenvalue weighted by Crippen LogP contribution is 2.25. The summed E-state index contributed by atoms with van der Waals surface area (Å²) in [4.78, 5) is 6.08. The zero-order valence-corrected chi connectivity index (χ0v) is 12.7. The fourth-order valence-electron chi connectivity index (χ4n) is 2.20. The molecule has 3 rings (SSSR count). The van der Waals surface area contributed by atoms with Gasteiger partial charge in [-0.3, -0.25) is 0 Å².